The molecule has 1 aromatic heterocycles. The number of benzene rings is 1. The largest absolute Gasteiger partial charge is 0.298 e. The second-order valence-corrected chi connectivity index (χ2v) is 8.25. The van der Waals surface area contributed by atoms with Gasteiger partial charge in [0.05, 0.1) is 16.6 Å². The molecule has 6 nitrogen and oxygen atoms in total. The molecule has 0 unspecified atom stereocenters. The van der Waals surface area contributed by atoms with E-state index in [0.29, 0.717) is 19.5 Å². The van der Waals surface area contributed by atoms with E-state index in [1.165, 1.54) is 0 Å². The normalized spacial score (nSPS) is 19.0. The average Bonchev–Trinajstić information content (AvgIpc) is 3.17. The van der Waals surface area contributed by atoms with Crippen molar-refractivity contribution in [2.75, 3.05) is 19.6 Å². The lowest BCUT2D eigenvalue weighted by atomic mass is 10.2. The molecule has 1 fully saturated rings. The molecule has 1 atom stereocenters. The van der Waals surface area contributed by atoms with Crippen LogP contribution < -0.4 is 4.72 Å². The van der Waals surface area contributed by atoms with Crippen LogP contribution in [0.5, 0.6) is 0 Å². The predicted octanol–water partition coefficient (Wildman–Crippen LogP) is 1.69. The zero-order valence-corrected chi connectivity index (χ0v) is 15.0. The Morgan fingerprint density at radius 2 is 2.04 bits per heavy atom. The smallest absolute Gasteiger partial charge is 0.215 e. The summed E-state index contributed by atoms with van der Waals surface area (Å²) in [5.41, 5.74) is 3.15. The second-order valence-electron chi connectivity index (χ2n) is 6.21. The Balaban J connectivity index is 1.69. The molecule has 1 aromatic carbocycles. The molecule has 0 radical (unpaired) electrons. The summed E-state index contributed by atoms with van der Waals surface area (Å²) < 4.78 is 28.8. The molecule has 2 aromatic rings. The number of aromatic nitrogens is 2. The molecule has 130 valence electrons. The van der Waals surface area contributed by atoms with Gasteiger partial charge in [-0.3, -0.25) is 4.90 Å². The minimum absolute atomic E-state index is 0.318. The summed E-state index contributed by atoms with van der Waals surface area (Å²) >= 11 is 0. The fourth-order valence-corrected chi connectivity index (χ4v) is 4.58. The van der Waals surface area contributed by atoms with Crippen molar-refractivity contribution in [1.82, 2.24) is 19.4 Å². The molecule has 24 heavy (non-hydrogen) atoms. The molecule has 7 heteroatoms. The Hall–Kier alpha value is -1.70. The van der Waals surface area contributed by atoms with Crippen LogP contribution in [-0.2, 0) is 16.6 Å². The molecular weight excluding hydrogens is 324 g/mol. The van der Waals surface area contributed by atoms with Gasteiger partial charge in [0.15, 0.2) is 0 Å². The molecule has 2 heterocycles. The third-order valence-corrected chi connectivity index (χ3v) is 6.38. The van der Waals surface area contributed by atoms with E-state index in [9.17, 15) is 8.42 Å². The number of nitrogens with one attached hydrogen (secondary N) is 1. The van der Waals surface area contributed by atoms with E-state index in [1.54, 1.807) is 0 Å². The fourth-order valence-electron chi connectivity index (χ4n) is 3.12. The van der Waals surface area contributed by atoms with Gasteiger partial charge in [-0.05, 0) is 32.0 Å². The highest BCUT2D eigenvalue weighted by atomic mass is 32.2. The summed E-state index contributed by atoms with van der Waals surface area (Å²) in [4.78, 5) is 2.19. The summed E-state index contributed by atoms with van der Waals surface area (Å²) in [5.74, 6) is 0. The fraction of sp³-hybridized carbons (Fsp3) is 0.471. The van der Waals surface area contributed by atoms with Crippen LogP contribution in [0.1, 0.15) is 24.6 Å². The van der Waals surface area contributed by atoms with Crippen molar-refractivity contribution >= 4 is 10.0 Å². The SMILES string of the molecule is CCNS(=O)(=O)[C@@H]1CCN(Cc2cn(-c3ccccc3)nc2C)C1. The Bertz CT molecular complexity index is 786. The van der Waals surface area contributed by atoms with E-state index in [1.807, 2.05) is 55.1 Å². The molecule has 0 saturated carbocycles. The summed E-state index contributed by atoms with van der Waals surface area (Å²) in [5, 5.41) is 4.26. The maximum Gasteiger partial charge on any atom is 0.215 e. The molecule has 1 aliphatic heterocycles. The number of sulfonamides is 1. The number of hydrogen-bond donors (Lipinski definition) is 1. The lowest BCUT2D eigenvalue weighted by Gasteiger charge is -2.15. The lowest BCUT2D eigenvalue weighted by Crippen LogP contribution is -2.36. The maximum absolute atomic E-state index is 12.1. The van der Waals surface area contributed by atoms with Gasteiger partial charge in [0, 0.05) is 31.4 Å². The standard InChI is InChI=1S/C17H24N4O2S/c1-3-18-24(22,23)17-9-10-20(13-17)11-15-12-21(19-14(15)2)16-7-5-4-6-8-16/h4-8,12,17-18H,3,9-11,13H2,1-2H3/t17-/m1/s1. The highest BCUT2D eigenvalue weighted by molar-refractivity contribution is 7.90. The lowest BCUT2D eigenvalue weighted by molar-refractivity contribution is 0.330. The highest BCUT2D eigenvalue weighted by Crippen LogP contribution is 2.20. The van der Waals surface area contributed by atoms with Crippen LogP contribution in [0.4, 0.5) is 0 Å². The second kappa shape index (κ2) is 7.04. The number of likely N-dealkylation sites (tertiary alicyclic amines) is 1. The van der Waals surface area contributed by atoms with Crippen molar-refractivity contribution in [2.24, 2.45) is 0 Å². The molecule has 0 bridgehead atoms. The van der Waals surface area contributed by atoms with Crippen molar-refractivity contribution in [2.45, 2.75) is 32.1 Å². The highest BCUT2D eigenvalue weighted by Gasteiger charge is 2.32. The summed E-state index contributed by atoms with van der Waals surface area (Å²) in [6, 6.07) is 10.00. The van der Waals surface area contributed by atoms with E-state index < -0.39 is 10.0 Å². The van der Waals surface area contributed by atoms with Crippen molar-refractivity contribution in [1.29, 1.82) is 0 Å². The molecule has 1 saturated heterocycles. The van der Waals surface area contributed by atoms with E-state index in [0.717, 1.165) is 30.0 Å². The van der Waals surface area contributed by atoms with Gasteiger partial charge in [0.25, 0.3) is 0 Å². The number of rotatable bonds is 6. The van der Waals surface area contributed by atoms with Crippen LogP contribution >= 0.6 is 0 Å². The van der Waals surface area contributed by atoms with Crippen molar-refractivity contribution < 1.29 is 8.42 Å². The van der Waals surface area contributed by atoms with Gasteiger partial charge in [-0.1, -0.05) is 25.1 Å². The topological polar surface area (TPSA) is 67.2 Å². The molecular formula is C17H24N4O2S. The molecule has 1 N–H and O–H groups in total. The summed E-state index contributed by atoms with van der Waals surface area (Å²) in [6.45, 7) is 6.36. The van der Waals surface area contributed by atoms with Gasteiger partial charge in [0.1, 0.15) is 0 Å². The van der Waals surface area contributed by atoms with Crippen LogP contribution in [0, 0.1) is 6.92 Å². The first-order valence-electron chi connectivity index (χ1n) is 8.31. The van der Waals surface area contributed by atoms with Crippen LogP contribution in [0.15, 0.2) is 36.5 Å². The van der Waals surface area contributed by atoms with Crippen molar-refractivity contribution in [3.8, 4) is 5.69 Å². The number of para-hydroxylation sites is 1. The first kappa shape index (κ1) is 17.1. The van der Waals surface area contributed by atoms with Crippen molar-refractivity contribution in [3.05, 3.63) is 47.8 Å². The molecule has 3 rings (SSSR count). The summed E-state index contributed by atoms with van der Waals surface area (Å²) in [7, 11) is -3.20. The van der Waals surface area contributed by atoms with Gasteiger partial charge in [-0.15, -0.1) is 0 Å². The van der Waals surface area contributed by atoms with Crippen molar-refractivity contribution in [3.63, 3.8) is 0 Å². The minimum Gasteiger partial charge on any atom is -0.298 e. The van der Waals surface area contributed by atoms with Crippen LogP contribution in [0.3, 0.4) is 0 Å². The number of hydrogen-bond acceptors (Lipinski definition) is 4. The monoisotopic (exact) mass is 348 g/mol. The summed E-state index contributed by atoms with van der Waals surface area (Å²) in [6.07, 6.45) is 2.72. The van der Waals surface area contributed by atoms with Gasteiger partial charge in [-0.2, -0.15) is 5.10 Å². The first-order chi connectivity index (χ1) is 11.5. The van der Waals surface area contributed by atoms with Crippen LogP contribution in [-0.4, -0.2) is 48.0 Å². The average molecular weight is 348 g/mol. The van der Waals surface area contributed by atoms with Gasteiger partial charge >= 0.3 is 0 Å². The number of nitrogens with zero attached hydrogens (tertiary/aromatic N) is 3. The third-order valence-electron chi connectivity index (χ3n) is 4.43. The van der Waals surface area contributed by atoms with Gasteiger partial charge in [0.2, 0.25) is 10.0 Å². The quantitative estimate of drug-likeness (QED) is 0.863. The zero-order chi connectivity index (χ0) is 17.2. The van der Waals surface area contributed by atoms with Crippen LogP contribution in [0.2, 0.25) is 0 Å². The molecule has 0 aliphatic carbocycles. The Morgan fingerprint density at radius 1 is 1.29 bits per heavy atom. The third kappa shape index (κ3) is 3.68. The van der Waals surface area contributed by atoms with E-state index >= 15 is 0 Å². The Kier molecular flexibility index (Phi) is 5.03. The molecule has 0 spiro atoms. The maximum atomic E-state index is 12.1. The Labute approximate surface area is 143 Å². The minimum atomic E-state index is -3.20. The number of aryl methyl sites for hydroxylation is 1. The van der Waals surface area contributed by atoms with Gasteiger partial charge in [-0.25, -0.2) is 17.8 Å². The zero-order valence-electron chi connectivity index (χ0n) is 14.1. The van der Waals surface area contributed by atoms with Crippen LogP contribution in [0.25, 0.3) is 5.69 Å². The van der Waals surface area contributed by atoms with E-state index in [4.69, 9.17) is 0 Å². The van der Waals surface area contributed by atoms with E-state index in [2.05, 4.69) is 14.7 Å². The Morgan fingerprint density at radius 3 is 2.75 bits per heavy atom. The van der Waals surface area contributed by atoms with E-state index in [-0.39, 0.29) is 5.25 Å². The molecule has 1 aliphatic rings. The first-order valence-corrected chi connectivity index (χ1v) is 9.85. The molecule has 0 amide bonds. The predicted molar refractivity (Wildman–Crippen MR) is 94.6 cm³/mol. The van der Waals surface area contributed by atoms with Gasteiger partial charge < -0.3 is 0 Å².